The lowest BCUT2D eigenvalue weighted by molar-refractivity contribution is 0.280. The Kier molecular flexibility index (Phi) is 2.73. The van der Waals surface area contributed by atoms with E-state index in [4.69, 9.17) is 4.42 Å². The Bertz CT molecular complexity index is 481. The Morgan fingerprint density at radius 2 is 2.24 bits per heavy atom. The fraction of sp³-hybridized carbons (Fsp3) is 0.462. The van der Waals surface area contributed by atoms with E-state index in [0.29, 0.717) is 5.92 Å². The molecular weight excluding hydrogens is 216 g/mol. The summed E-state index contributed by atoms with van der Waals surface area (Å²) in [5, 5.41) is 16.9. The summed E-state index contributed by atoms with van der Waals surface area (Å²) in [6.45, 7) is 0.0123. The molecule has 4 nitrogen and oxygen atoms in total. The molecule has 0 bridgehead atoms. The molecule has 0 unspecified atom stereocenters. The number of hydrogen-bond acceptors (Lipinski definition) is 3. The number of nitrogens with one attached hydrogen (secondary N) is 1. The fourth-order valence-corrected chi connectivity index (χ4v) is 2.71. The van der Waals surface area contributed by atoms with Gasteiger partial charge in [0.15, 0.2) is 5.76 Å². The minimum absolute atomic E-state index is 0.0123. The van der Waals surface area contributed by atoms with E-state index in [0.717, 1.165) is 22.7 Å². The van der Waals surface area contributed by atoms with Crippen LogP contribution in [0.25, 0.3) is 11.5 Å². The first-order valence-electron chi connectivity index (χ1n) is 6.12. The van der Waals surface area contributed by atoms with Gasteiger partial charge in [-0.05, 0) is 25.0 Å². The summed E-state index contributed by atoms with van der Waals surface area (Å²) < 4.78 is 5.34. The van der Waals surface area contributed by atoms with Crippen molar-refractivity contribution in [3.63, 3.8) is 0 Å². The molecule has 0 spiro atoms. The Morgan fingerprint density at radius 3 is 2.88 bits per heavy atom. The normalized spacial score (nSPS) is 16.8. The van der Waals surface area contributed by atoms with Crippen LogP contribution in [0.5, 0.6) is 0 Å². The molecule has 1 saturated carbocycles. The zero-order chi connectivity index (χ0) is 11.7. The first-order chi connectivity index (χ1) is 8.40. The maximum absolute atomic E-state index is 9.55. The van der Waals surface area contributed by atoms with Crippen molar-refractivity contribution in [2.45, 2.75) is 38.2 Å². The predicted molar refractivity (Wildman–Crippen MR) is 63.4 cm³/mol. The predicted octanol–water partition coefficient (Wildman–Crippen LogP) is 2.82. The molecule has 0 aliphatic heterocycles. The summed E-state index contributed by atoms with van der Waals surface area (Å²) in [4.78, 5) is 0. The van der Waals surface area contributed by atoms with Gasteiger partial charge < -0.3 is 9.52 Å². The smallest absolute Gasteiger partial charge is 0.154 e. The molecule has 2 heterocycles. The number of furan rings is 1. The van der Waals surface area contributed by atoms with Crippen molar-refractivity contribution in [3.05, 3.63) is 29.7 Å². The Balaban J connectivity index is 2.00. The summed E-state index contributed by atoms with van der Waals surface area (Å²) in [6, 6.07) is 3.70. The van der Waals surface area contributed by atoms with E-state index in [1.165, 1.54) is 25.7 Å². The quantitative estimate of drug-likeness (QED) is 0.855. The molecule has 0 saturated heterocycles. The molecule has 1 aliphatic carbocycles. The van der Waals surface area contributed by atoms with Gasteiger partial charge in [0.1, 0.15) is 5.69 Å². The van der Waals surface area contributed by atoms with Crippen molar-refractivity contribution >= 4 is 0 Å². The molecule has 2 aromatic rings. The van der Waals surface area contributed by atoms with E-state index < -0.39 is 0 Å². The van der Waals surface area contributed by atoms with E-state index >= 15 is 0 Å². The summed E-state index contributed by atoms with van der Waals surface area (Å²) in [5.41, 5.74) is 2.74. The van der Waals surface area contributed by atoms with Gasteiger partial charge in [0.25, 0.3) is 0 Å². The second-order valence-corrected chi connectivity index (χ2v) is 4.58. The van der Waals surface area contributed by atoms with Crippen LogP contribution in [0.1, 0.15) is 42.9 Å². The third kappa shape index (κ3) is 1.78. The summed E-state index contributed by atoms with van der Waals surface area (Å²) in [5.74, 6) is 1.24. The van der Waals surface area contributed by atoms with E-state index in [1.807, 2.05) is 12.1 Å². The van der Waals surface area contributed by atoms with Gasteiger partial charge in [-0.2, -0.15) is 5.10 Å². The van der Waals surface area contributed by atoms with Crippen LogP contribution >= 0.6 is 0 Å². The van der Waals surface area contributed by atoms with Crippen molar-refractivity contribution in [3.8, 4) is 11.5 Å². The van der Waals surface area contributed by atoms with Crippen LogP contribution < -0.4 is 0 Å². The topological polar surface area (TPSA) is 62.1 Å². The minimum Gasteiger partial charge on any atom is -0.463 e. The van der Waals surface area contributed by atoms with Gasteiger partial charge in [-0.3, -0.25) is 5.10 Å². The third-order valence-corrected chi connectivity index (χ3v) is 3.58. The first kappa shape index (κ1) is 10.6. The third-order valence-electron chi connectivity index (χ3n) is 3.58. The van der Waals surface area contributed by atoms with E-state index in [9.17, 15) is 5.11 Å². The van der Waals surface area contributed by atoms with Gasteiger partial charge in [0.05, 0.1) is 12.9 Å². The Hall–Kier alpha value is -1.55. The van der Waals surface area contributed by atoms with Gasteiger partial charge in [-0.15, -0.1) is 0 Å². The summed E-state index contributed by atoms with van der Waals surface area (Å²) in [6.07, 6.45) is 6.54. The number of nitrogens with zero attached hydrogens (tertiary/aromatic N) is 1. The Morgan fingerprint density at radius 1 is 1.41 bits per heavy atom. The maximum atomic E-state index is 9.55. The van der Waals surface area contributed by atoms with Crippen LogP contribution in [-0.4, -0.2) is 15.3 Å². The zero-order valence-electron chi connectivity index (χ0n) is 9.65. The second-order valence-electron chi connectivity index (χ2n) is 4.58. The minimum atomic E-state index is 0.0123. The molecule has 3 rings (SSSR count). The second kappa shape index (κ2) is 4.37. The van der Waals surface area contributed by atoms with Gasteiger partial charge in [-0.25, -0.2) is 0 Å². The van der Waals surface area contributed by atoms with Crippen LogP contribution in [0.3, 0.4) is 0 Å². The molecule has 17 heavy (non-hydrogen) atoms. The van der Waals surface area contributed by atoms with E-state index in [2.05, 4.69) is 10.2 Å². The maximum Gasteiger partial charge on any atom is 0.154 e. The molecule has 0 atom stereocenters. The largest absolute Gasteiger partial charge is 0.463 e. The molecule has 1 aliphatic rings. The van der Waals surface area contributed by atoms with Crippen molar-refractivity contribution in [1.82, 2.24) is 10.2 Å². The van der Waals surface area contributed by atoms with Crippen molar-refractivity contribution in [1.29, 1.82) is 0 Å². The average molecular weight is 232 g/mol. The molecular formula is C13H16N2O2. The Labute approximate surface area is 99.7 Å². The van der Waals surface area contributed by atoms with Gasteiger partial charge in [-0.1, -0.05) is 12.8 Å². The average Bonchev–Trinajstić information content (AvgIpc) is 3.09. The van der Waals surface area contributed by atoms with Crippen molar-refractivity contribution in [2.24, 2.45) is 0 Å². The van der Waals surface area contributed by atoms with Crippen molar-refractivity contribution in [2.75, 3.05) is 0 Å². The highest BCUT2D eigenvalue weighted by Crippen LogP contribution is 2.37. The van der Waals surface area contributed by atoms with Crippen LogP contribution in [0.4, 0.5) is 0 Å². The van der Waals surface area contributed by atoms with Gasteiger partial charge in [0, 0.05) is 17.2 Å². The van der Waals surface area contributed by atoms with E-state index in [-0.39, 0.29) is 6.61 Å². The summed E-state index contributed by atoms with van der Waals surface area (Å²) >= 11 is 0. The standard InChI is InChI=1S/C13H16N2O2/c16-8-10-12(9-4-1-2-5-9)14-15-13(10)11-6-3-7-17-11/h3,6-7,9,16H,1-2,4-5,8H2,(H,14,15). The number of H-pyrrole nitrogens is 1. The molecule has 0 amide bonds. The number of aliphatic hydroxyl groups is 1. The number of aliphatic hydroxyl groups excluding tert-OH is 1. The van der Waals surface area contributed by atoms with Crippen LogP contribution in [0.2, 0.25) is 0 Å². The monoisotopic (exact) mass is 232 g/mol. The highest BCUT2D eigenvalue weighted by atomic mass is 16.3. The molecule has 1 fully saturated rings. The van der Waals surface area contributed by atoms with Crippen LogP contribution in [0, 0.1) is 0 Å². The number of aromatic nitrogens is 2. The lowest BCUT2D eigenvalue weighted by atomic mass is 9.99. The summed E-state index contributed by atoms with van der Waals surface area (Å²) in [7, 11) is 0. The van der Waals surface area contributed by atoms with E-state index in [1.54, 1.807) is 6.26 Å². The molecule has 90 valence electrons. The van der Waals surface area contributed by atoms with Gasteiger partial charge in [0.2, 0.25) is 0 Å². The van der Waals surface area contributed by atoms with Crippen LogP contribution in [-0.2, 0) is 6.61 Å². The number of aromatic amines is 1. The number of rotatable bonds is 3. The molecule has 0 aromatic carbocycles. The lowest BCUT2D eigenvalue weighted by Crippen LogP contribution is -1.98. The van der Waals surface area contributed by atoms with Crippen molar-refractivity contribution < 1.29 is 9.52 Å². The van der Waals surface area contributed by atoms with Gasteiger partial charge >= 0.3 is 0 Å². The zero-order valence-corrected chi connectivity index (χ0v) is 9.65. The SMILES string of the molecule is OCc1c(-c2ccco2)n[nH]c1C1CCCC1. The number of hydrogen-bond donors (Lipinski definition) is 2. The molecule has 4 heteroatoms. The first-order valence-corrected chi connectivity index (χ1v) is 6.12. The van der Waals surface area contributed by atoms with Crippen LogP contribution in [0.15, 0.2) is 22.8 Å². The fourth-order valence-electron chi connectivity index (χ4n) is 2.71. The molecule has 2 N–H and O–H groups in total. The molecule has 2 aromatic heterocycles. The lowest BCUT2D eigenvalue weighted by Gasteiger charge is -2.08. The highest BCUT2D eigenvalue weighted by Gasteiger charge is 2.24. The molecule has 0 radical (unpaired) electrons. The highest BCUT2D eigenvalue weighted by molar-refractivity contribution is 5.58.